The van der Waals surface area contributed by atoms with E-state index in [4.69, 9.17) is 0 Å². The summed E-state index contributed by atoms with van der Waals surface area (Å²) in [5.41, 5.74) is 1.13. The zero-order chi connectivity index (χ0) is 18.1. The molecule has 0 saturated carbocycles. The molecule has 0 fully saturated rings. The fourth-order valence-corrected chi connectivity index (χ4v) is 3.22. The van der Waals surface area contributed by atoms with Crippen LogP contribution >= 0.6 is 11.3 Å². The Balaban J connectivity index is 1.83. The first kappa shape index (κ1) is 19.2. The molecule has 7 heteroatoms. The minimum atomic E-state index is 0.684. The lowest BCUT2D eigenvalue weighted by Crippen LogP contribution is -2.36. The maximum Gasteiger partial charge on any atom is 0.191 e. The molecule has 0 aromatic carbocycles. The minimum Gasteiger partial charge on any atom is -0.357 e. The third-order valence-electron chi connectivity index (χ3n) is 3.94. The van der Waals surface area contributed by atoms with Gasteiger partial charge < -0.3 is 15.5 Å². The maximum absolute atomic E-state index is 4.55. The van der Waals surface area contributed by atoms with Gasteiger partial charge in [-0.2, -0.15) is 0 Å². The SMILES string of the molecule is CCc1cnc(CNC(=NC)NCc2ccc(N(CC)CC)nc2)s1. The van der Waals surface area contributed by atoms with Gasteiger partial charge in [0.05, 0.1) is 6.54 Å². The number of rotatable bonds is 8. The Kier molecular flexibility index (Phi) is 7.66. The van der Waals surface area contributed by atoms with E-state index in [-0.39, 0.29) is 0 Å². The Hall–Kier alpha value is -2.15. The van der Waals surface area contributed by atoms with Crippen LogP contribution in [-0.4, -0.2) is 36.1 Å². The van der Waals surface area contributed by atoms with Gasteiger partial charge in [-0.15, -0.1) is 11.3 Å². The molecule has 2 aromatic heterocycles. The molecule has 2 heterocycles. The molecule has 0 saturated heterocycles. The van der Waals surface area contributed by atoms with E-state index in [0.29, 0.717) is 13.1 Å². The lowest BCUT2D eigenvalue weighted by molar-refractivity contribution is 0.799. The molecule has 6 nitrogen and oxygen atoms in total. The van der Waals surface area contributed by atoms with Crippen LogP contribution in [0.1, 0.15) is 36.2 Å². The van der Waals surface area contributed by atoms with Gasteiger partial charge in [-0.05, 0) is 31.9 Å². The summed E-state index contributed by atoms with van der Waals surface area (Å²) in [5.74, 6) is 1.79. The van der Waals surface area contributed by atoms with Crippen LogP contribution in [0.15, 0.2) is 29.5 Å². The van der Waals surface area contributed by atoms with Gasteiger partial charge in [0.25, 0.3) is 0 Å². The molecular formula is C18H28N6S. The van der Waals surface area contributed by atoms with Gasteiger partial charge in [-0.3, -0.25) is 4.99 Å². The van der Waals surface area contributed by atoms with E-state index < -0.39 is 0 Å². The van der Waals surface area contributed by atoms with Crippen molar-refractivity contribution in [3.8, 4) is 0 Å². The van der Waals surface area contributed by atoms with Crippen LogP contribution in [0.25, 0.3) is 0 Å². The second-order valence-electron chi connectivity index (χ2n) is 5.55. The van der Waals surface area contributed by atoms with E-state index in [1.165, 1.54) is 4.88 Å². The van der Waals surface area contributed by atoms with Crippen LogP contribution in [0.4, 0.5) is 5.82 Å². The van der Waals surface area contributed by atoms with Gasteiger partial charge in [-0.1, -0.05) is 13.0 Å². The molecule has 0 amide bonds. The average Bonchev–Trinajstić information content (AvgIpc) is 3.12. The highest BCUT2D eigenvalue weighted by atomic mass is 32.1. The highest BCUT2D eigenvalue weighted by molar-refractivity contribution is 7.11. The van der Waals surface area contributed by atoms with Crippen LogP contribution in [-0.2, 0) is 19.5 Å². The Morgan fingerprint density at radius 1 is 1.08 bits per heavy atom. The zero-order valence-corrected chi connectivity index (χ0v) is 16.4. The summed E-state index contributed by atoms with van der Waals surface area (Å²) in [6, 6.07) is 4.18. The summed E-state index contributed by atoms with van der Waals surface area (Å²) in [7, 11) is 1.77. The lowest BCUT2D eigenvalue weighted by atomic mass is 10.2. The topological polar surface area (TPSA) is 65.4 Å². The molecule has 0 aliphatic rings. The van der Waals surface area contributed by atoms with E-state index in [2.05, 4.69) is 63.4 Å². The highest BCUT2D eigenvalue weighted by Crippen LogP contribution is 2.13. The number of hydrogen-bond acceptors (Lipinski definition) is 5. The van der Waals surface area contributed by atoms with Crippen molar-refractivity contribution in [1.29, 1.82) is 0 Å². The monoisotopic (exact) mass is 360 g/mol. The summed E-state index contributed by atoms with van der Waals surface area (Å²) in [6.45, 7) is 9.73. The van der Waals surface area contributed by atoms with E-state index in [9.17, 15) is 0 Å². The number of pyridine rings is 1. The molecule has 0 aliphatic heterocycles. The van der Waals surface area contributed by atoms with E-state index >= 15 is 0 Å². The molecular weight excluding hydrogens is 332 g/mol. The standard InChI is InChI=1S/C18H28N6S/c1-5-15-12-21-17(25-15)13-23-18(19-4)22-11-14-8-9-16(20-10-14)24(6-2)7-3/h8-10,12H,5-7,11,13H2,1-4H3,(H2,19,22,23). The Bertz CT molecular complexity index is 660. The van der Waals surface area contributed by atoms with Gasteiger partial charge in [0.2, 0.25) is 0 Å². The maximum atomic E-state index is 4.55. The van der Waals surface area contributed by atoms with Crippen LogP contribution in [0.2, 0.25) is 0 Å². The number of anilines is 1. The number of aryl methyl sites for hydroxylation is 1. The molecule has 136 valence electrons. The normalized spacial score (nSPS) is 11.4. The van der Waals surface area contributed by atoms with E-state index in [1.807, 2.05) is 12.4 Å². The fourth-order valence-electron chi connectivity index (χ4n) is 2.41. The van der Waals surface area contributed by atoms with Crippen LogP contribution in [0.5, 0.6) is 0 Å². The van der Waals surface area contributed by atoms with Crippen LogP contribution in [0.3, 0.4) is 0 Å². The predicted octanol–water partition coefficient (Wildman–Crippen LogP) is 2.81. The van der Waals surface area contributed by atoms with E-state index in [0.717, 1.165) is 41.9 Å². The number of guanidine groups is 1. The third-order valence-corrected chi connectivity index (χ3v) is 5.08. The number of hydrogen-bond donors (Lipinski definition) is 2. The van der Waals surface area contributed by atoms with E-state index in [1.54, 1.807) is 18.4 Å². The summed E-state index contributed by atoms with van der Waals surface area (Å²) in [4.78, 5) is 16.8. The first-order chi connectivity index (χ1) is 12.2. The number of nitrogens with zero attached hydrogens (tertiary/aromatic N) is 4. The molecule has 2 aromatic rings. The van der Waals surface area contributed by atoms with Crippen molar-refractivity contribution in [2.75, 3.05) is 25.0 Å². The third kappa shape index (κ3) is 5.70. The Morgan fingerprint density at radius 3 is 2.40 bits per heavy atom. The van der Waals surface area contributed by atoms with Crippen molar-refractivity contribution < 1.29 is 0 Å². The molecule has 0 bridgehead atoms. The Morgan fingerprint density at radius 2 is 1.84 bits per heavy atom. The van der Waals surface area contributed by atoms with Gasteiger partial charge in [0, 0.05) is 44.0 Å². The zero-order valence-electron chi connectivity index (χ0n) is 15.5. The summed E-state index contributed by atoms with van der Waals surface area (Å²) in [6.07, 6.45) is 4.89. The second-order valence-corrected chi connectivity index (χ2v) is 6.75. The summed E-state index contributed by atoms with van der Waals surface area (Å²) < 4.78 is 0. The molecule has 0 spiro atoms. The molecule has 0 aliphatic carbocycles. The van der Waals surface area contributed by atoms with Gasteiger partial charge >= 0.3 is 0 Å². The largest absolute Gasteiger partial charge is 0.357 e. The predicted molar refractivity (Wildman–Crippen MR) is 106 cm³/mol. The smallest absolute Gasteiger partial charge is 0.191 e. The first-order valence-electron chi connectivity index (χ1n) is 8.78. The van der Waals surface area contributed by atoms with Crippen molar-refractivity contribution in [2.45, 2.75) is 40.3 Å². The molecule has 25 heavy (non-hydrogen) atoms. The number of aromatic nitrogens is 2. The first-order valence-corrected chi connectivity index (χ1v) is 9.59. The molecule has 2 N–H and O–H groups in total. The van der Waals surface area contributed by atoms with Crippen LogP contribution < -0.4 is 15.5 Å². The Labute approximate surface area is 154 Å². The molecule has 0 unspecified atom stereocenters. The molecule has 0 radical (unpaired) electrons. The minimum absolute atomic E-state index is 0.684. The number of aliphatic imine (C=N–C) groups is 1. The number of nitrogens with one attached hydrogen (secondary N) is 2. The van der Waals surface area contributed by atoms with Crippen molar-refractivity contribution in [3.05, 3.63) is 40.0 Å². The summed E-state index contributed by atoms with van der Waals surface area (Å²) in [5, 5.41) is 7.69. The summed E-state index contributed by atoms with van der Waals surface area (Å²) >= 11 is 1.74. The van der Waals surface area contributed by atoms with Crippen molar-refractivity contribution in [1.82, 2.24) is 20.6 Å². The van der Waals surface area contributed by atoms with Crippen molar-refractivity contribution in [3.63, 3.8) is 0 Å². The highest BCUT2D eigenvalue weighted by Gasteiger charge is 2.05. The quantitative estimate of drug-likeness (QED) is 0.560. The van der Waals surface area contributed by atoms with Gasteiger partial charge in [0.1, 0.15) is 10.8 Å². The number of thiazole rings is 1. The van der Waals surface area contributed by atoms with Gasteiger partial charge in [0.15, 0.2) is 5.96 Å². The lowest BCUT2D eigenvalue weighted by Gasteiger charge is -2.19. The average molecular weight is 361 g/mol. The van der Waals surface area contributed by atoms with Gasteiger partial charge in [-0.25, -0.2) is 9.97 Å². The fraction of sp³-hybridized carbons (Fsp3) is 0.500. The molecule has 2 rings (SSSR count). The van der Waals surface area contributed by atoms with Crippen LogP contribution in [0, 0.1) is 0 Å². The second kappa shape index (κ2) is 9.98. The van der Waals surface area contributed by atoms with Crippen molar-refractivity contribution >= 4 is 23.1 Å². The molecule has 0 atom stereocenters. The van der Waals surface area contributed by atoms with Crippen molar-refractivity contribution in [2.24, 2.45) is 4.99 Å².